The van der Waals surface area contributed by atoms with E-state index in [1.165, 1.54) is 25.0 Å². The summed E-state index contributed by atoms with van der Waals surface area (Å²) in [7, 11) is 0. The van der Waals surface area contributed by atoms with Crippen LogP contribution < -0.4 is 5.32 Å². The van der Waals surface area contributed by atoms with Gasteiger partial charge in [0.1, 0.15) is 0 Å². The molecule has 1 heteroatoms. The Morgan fingerprint density at radius 1 is 1.06 bits per heavy atom. The Labute approximate surface area is 103 Å². The quantitative estimate of drug-likeness (QED) is 0.629. The average molecular weight is 225 g/mol. The van der Waals surface area contributed by atoms with E-state index >= 15 is 0 Å². The normalized spacial score (nSPS) is 12.6. The van der Waals surface area contributed by atoms with Crippen molar-refractivity contribution in [1.82, 2.24) is 5.32 Å². The molecule has 96 valence electrons. The topological polar surface area (TPSA) is 12.0 Å². The SMILES string of the molecule is C=C(CCC)NCC(C)(C)CC(C)(C)CC. The highest BCUT2D eigenvalue weighted by Crippen LogP contribution is 2.35. The van der Waals surface area contributed by atoms with E-state index in [1.54, 1.807) is 0 Å². The molecule has 0 aliphatic carbocycles. The second kappa shape index (κ2) is 6.32. The van der Waals surface area contributed by atoms with Crippen LogP contribution in [0.1, 0.15) is 67.2 Å². The fourth-order valence-electron chi connectivity index (χ4n) is 2.24. The first-order chi connectivity index (χ1) is 7.22. The van der Waals surface area contributed by atoms with Crippen molar-refractivity contribution in [3.8, 4) is 0 Å². The van der Waals surface area contributed by atoms with Crippen LogP contribution in [0.15, 0.2) is 12.3 Å². The first-order valence-corrected chi connectivity index (χ1v) is 6.64. The second-order valence-electron chi connectivity index (χ2n) is 6.57. The van der Waals surface area contributed by atoms with E-state index in [2.05, 4.69) is 53.4 Å². The van der Waals surface area contributed by atoms with Crippen molar-refractivity contribution in [2.75, 3.05) is 6.54 Å². The summed E-state index contributed by atoms with van der Waals surface area (Å²) in [5, 5.41) is 3.48. The molecular formula is C15H31N. The summed E-state index contributed by atoms with van der Waals surface area (Å²) in [5.41, 5.74) is 1.97. The standard InChI is InChI=1S/C15H31N/c1-8-10-13(3)16-12-15(6,7)11-14(4,5)9-2/h16H,3,8-12H2,1-2,4-7H3. The van der Waals surface area contributed by atoms with Gasteiger partial charge in [0.05, 0.1) is 0 Å². The third-order valence-electron chi connectivity index (χ3n) is 3.28. The van der Waals surface area contributed by atoms with E-state index in [0.29, 0.717) is 10.8 Å². The van der Waals surface area contributed by atoms with E-state index in [-0.39, 0.29) is 0 Å². The summed E-state index contributed by atoms with van der Waals surface area (Å²) in [6.45, 7) is 19.0. The molecule has 0 spiro atoms. The fourth-order valence-corrected chi connectivity index (χ4v) is 2.24. The fraction of sp³-hybridized carbons (Fsp3) is 0.867. The zero-order valence-electron chi connectivity index (χ0n) is 12.2. The maximum Gasteiger partial charge on any atom is 0.0195 e. The molecule has 0 aromatic carbocycles. The molecule has 0 atom stereocenters. The average Bonchev–Trinajstić information content (AvgIpc) is 2.14. The lowest BCUT2D eigenvalue weighted by Crippen LogP contribution is -2.33. The van der Waals surface area contributed by atoms with E-state index in [0.717, 1.165) is 13.0 Å². The lowest BCUT2D eigenvalue weighted by molar-refractivity contribution is 0.187. The van der Waals surface area contributed by atoms with Crippen LogP contribution in [0.3, 0.4) is 0 Å². The van der Waals surface area contributed by atoms with Crippen LogP contribution in [0, 0.1) is 10.8 Å². The minimum Gasteiger partial charge on any atom is -0.388 e. The number of hydrogen-bond acceptors (Lipinski definition) is 1. The Bertz CT molecular complexity index is 213. The summed E-state index contributed by atoms with van der Waals surface area (Å²) >= 11 is 0. The lowest BCUT2D eigenvalue weighted by Gasteiger charge is -2.35. The summed E-state index contributed by atoms with van der Waals surface area (Å²) in [5.74, 6) is 0. The number of nitrogens with one attached hydrogen (secondary N) is 1. The highest BCUT2D eigenvalue weighted by molar-refractivity contribution is 4.93. The first-order valence-electron chi connectivity index (χ1n) is 6.64. The van der Waals surface area contributed by atoms with Crippen molar-refractivity contribution in [3.05, 3.63) is 12.3 Å². The third kappa shape index (κ3) is 6.92. The van der Waals surface area contributed by atoms with Gasteiger partial charge in [-0.25, -0.2) is 0 Å². The Morgan fingerprint density at radius 3 is 2.06 bits per heavy atom. The van der Waals surface area contributed by atoms with Crippen molar-refractivity contribution in [1.29, 1.82) is 0 Å². The van der Waals surface area contributed by atoms with E-state index in [9.17, 15) is 0 Å². The van der Waals surface area contributed by atoms with Crippen LogP contribution in [0.5, 0.6) is 0 Å². The van der Waals surface area contributed by atoms with Crippen LogP contribution in [-0.2, 0) is 0 Å². The van der Waals surface area contributed by atoms with Crippen molar-refractivity contribution >= 4 is 0 Å². The Balaban J connectivity index is 4.09. The molecule has 16 heavy (non-hydrogen) atoms. The highest BCUT2D eigenvalue weighted by atomic mass is 14.9. The van der Waals surface area contributed by atoms with E-state index in [4.69, 9.17) is 0 Å². The molecule has 0 saturated carbocycles. The van der Waals surface area contributed by atoms with Crippen molar-refractivity contribution in [2.24, 2.45) is 10.8 Å². The molecule has 0 unspecified atom stereocenters. The zero-order chi connectivity index (χ0) is 12.8. The smallest absolute Gasteiger partial charge is 0.0195 e. The molecule has 0 aromatic heterocycles. The molecule has 0 aromatic rings. The van der Waals surface area contributed by atoms with Crippen LogP contribution >= 0.6 is 0 Å². The van der Waals surface area contributed by atoms with Crippen molar-refractivity contribution in [3.63, 3.8) is 0 Å². The minimum absolute atomic E-state index is 0.343. The van der Waals surface area contributed by atoms with Gasteiger partial charge in [-0.1, -0.05) is 61.0 Å². The van der Waals surface area contributed by atoms with E-state index < -0.39 is 0 Å². The van der Waals surface area contributed by atoms with Gasteiger partial charge in [-0.2, -0.15) is 0 Å². The molecule has 0 heterocycles. The van der Waals surface area contributed by atoms with Crippen molar-refractivity contribution < 1.29 is 0 Å². The van der Waals surface area contributed by atoms with Gasteiger partial charge in [-0.05, 0) is 23.7 Å². The molecule has 0 aliphatic rings. The first kappa shape index (κ1) is 15.5. The van der Waals surface area contributed by atoms with Gasteiger partial charge >= 0.3 is 0 Å². The molecule has 0 rings (SSSR count). The van der Waals surface area contributed by atoms with Crippen LogP contribution in [0.25, 0.3) is 0 Å². The van der Waals surface area contributed by atoms with Gasteiger partial charge in [-0.3, -0.25) is 0 Å². The van der Waals surface area contributed by atoms with Gasteiger partial charge in [0, 0.05) is 12.2 Å². The Kier molecular flexibility index (Phi) is 6.14. The number of hydrogen-bond donors (Lipinski definition) is 1. The van der Waals surface area contributed by atoms with Crippen LogP contribution in [0.4, 0.5) is 0 Å². The molecule has 0 radical (unpaired) electrons. The minimum atomic E-state index is 0.343. The van der Waals surface area contributed by atoms with Crippen LogP contribution in [-0.4, -0.2) is 6.54 Å². The molecule has 1 N–H and O–H groups in total. The molecule has 0 saturated heterocycles. The van der Waals surface area contributed by atoms with Crippen LogP contribution in [0.2, 0.25) is 0 Å². The largest absolute Gasteiger partial charge is 0.388 e. The molecule has 0 bridgehead atoms. The maximum atomic E-state index is 4.05. The molecule has 0 amide bonds. The summed E-state index contributed by atoms with van der Waals surface area (Å²) < 4.78 is 0. The second-order valence-corrected chi connectivity index (χ2v) is 6.57. The van der Waals surface area contributed by atoms with E-state index in [1.807, 2.05) is 0 Å². The zero-order valence-corrected chi connectivity index (χ0v) is 12.2. The molecule has 1 nitrogen and oxygen atoms in total. The summed E-state index contributed by atoms with van der Waals surface area (Å²) in [6, 6.07) is 0. The molecular weight excluding hydrogens is 194 g/mol. The highest BCUT2D eigenvalue weighted by Gasteiger charge is 2.27. The lowest BCUT2D eigenvalue weighted by atomic mass is 9.73. The van der Waals surface area contributed by atoms with Crippen molar-refractivity contribution in [2.45, 2.75) is 67.2 Å². The summed E-state index contributed by atoms with van der Waals surface area (Å²) in [6.07, 6.45) is 4.76. The Morgan fingerprint density at radius 2 is 1.62 bits per heavy atom. The monoisotopic (exact) mass is 225 g/mol. The summed E-state index contributed by atoms with van der Waals surface area (Å²) in [4.78, 5) is 0. The predicted octanol–water partition coefficient (Wildman–Crippen LogP) is 4.74. The maximum absolute atomic E-state index is 4.05. The van der Waals surface area contributed by atoms with Gasteiger partial charge < -0.3 is 5.32 Å². The molecule has 0 fully saturated rings. The molecule has 0 aliphatic heterocycles. The van der Waals surface area contributed by atoms with Gasteiger partial charge in [-0.15, -0.1) is 0 Å². The third-order valence-corrected chi connectivity index (χ3v) is 3.28. The van der Waals surface area contributed by atoms with Gasteiger partial charge in [0.25, 0.3) is 0 Å². The van der Waals surface area contributed by atoms with Gasteiger partial charge in [0.15, 0.2) is 0 Å². The number of allylic oxidation sites excluding steroid dienone is 1. The Hall–Kier alpha value is -0.460. The van der Waals surface area contributed by atoms with Gasteiger partial charge in [0.2, 0.25) is 0 Å². The predicted molar refractivity (Wildman–Crippen MR) is 74.5 cm³/mol. The number of rotatable bonds is 8.